The van der Waals surface area contributed by atoms with Crippen molar-refractivity contribution in [2.45, 2.75) is 33.1 Å². The number of amides is 1. The number of carbonyl (C=O) groups excluding carboxylic acids is 1. The highest BCUT2D eigenvalue weighted by Gasteiger charge is 2.28. The van der Waals surface area contributed by atoms with E-state index >= 15 is 0 Å². The van der Waals surface area contributed by atoms with E-state index in [0.717, 1.165) is 25.9 Å². The Morgan fingerprint density at radius 1 is 1.20 bits per heavy atom. The van der Waals surface area contributed by atoms with Crippen LogP contribution in [0.3, 0.4) is 0 Å². The molecule has 4 heteroatoms. The fourth-order valence-electron chi connectivity index (χ4n) is 2.52. The van der Waals surface area contributed by atoms with E-state index in [1.807, 2.05) is 4.90 Å². The van der Waals surface area contributed by atoms with Crippen molar-refractivity contribution in [2.24, 2.45) is 5.41 Å². The smallest absolute Gasteiger partial charge is 0.335 e. The van der Waals surface area contributed by atoms with Crippen molar-refractivity contribution in [2.75, 3.05) is 13.1 Å². The van der Waals surface area contributed by atoms with Gasteiger partial charge in [-0.15, -0.1) is 0 Å². The van der Waals surface area contributed by atoms with E-state index in [9.17, 15) is 9.59 Å². The van der Waals surface area contributed by atoms with E-state index < -0.39 is 5.97 Å². The van der Waals surface area contributed by atoms with Crippen LogP contribution in [-0.4, -0.2) is 35.0 Å². The molecule has 2 rings (SSSR count). The van der Waals surface area contributed by atoms with Crippen molar-refractivity contribution in [3.05, 3.63) is 35.4 Å². The second kappa shape index (κ2) is 5.65. The molecule has 0 spiro atoms. The summed E-state index contributed by atoms with van der Waals surface area (Å²) in [5.41, 5.74) is 1.11. The number of aromatic carboxylic acids is 1. The van der Waals surface area contributed by atoms with Crippen molar-refractivity contribution in [1.29, 1.82) is 0 Å². The maximum atomic E-state index is 12.3. The van der Waals surface area contributed by atoms with Crippen molar-refractivity contribution >= 4 is 11.9 Å². The van der Waals surface area contributed by atoms with Gasteiger partial charge in [0.15, 0.2) is 0 Å². The number of benzene rings is 1. The average Bonchev–Trinajstić information content (AvgIpc) is 2.38. The number of piperidine rings is 1. The molecular formula is C16H21NO3. The minimum Gasteiger partial charge on any atom is -0.478 e. The molecular weight excluding hydrogens is 254 g/mol. The zero-order valence-electron chi connectivity index (χ0n) is 12.1. The Hall–Kier alpha value is -1.84. The number of carbonyl (C=O) groups is 2. The minimum absolute atomic E-state index is 0.0224. The molecule has 1 aromatic carbocycles. The van der Waals surface area contributed by atoms with Crippen molar-refractivity contribution in [3.8, 4) is 0 Å². The molecule has 1 heterocycles. The standard InChI is InChI=1S/C16H21NO3/c1-16(2)7-9-17(10-8-16)14(18)11-12-5-3-4-6-13(12)15(19)20/h3-6H,7-11H2,1-2H3,(H,19,20). The van der Waals surface area contributed by atoms with Gasteiger partial charge in [0.25, 0.3) is 0 Å². The summed E-state index contributed by atoms with van der Waals surface area (Å²) in [6.45, 7) is 5.96. The van der Waals surface area contributed by atoms with Gasteiger partial charge in [0.1, 0.15) is 0 Å². The molecule has 0 saturated carbocycles. The van der Waals surface area contributed by atoms with Gasteiger partial charge in [0.05, 0.1) is 12.0 Å². The first kappa shape index (κ1) is 14.6. The van der Waals surface area contributed by atoms with E-state index in [4.69, 9.17) is 5.11 Å². The highest BCUT2D eigenvalue weighted by atomic mass is 16.4. The first-order valence-corrected chi connectivity index (χ1v) is 6.98. The summed E-state index contributed by atoms with van der Waals surface area (Å²) in [6, 6.07) is 6.72. The van der Waals surface area contributed by atoms with Crippen molar-refractivity contribution in [3.63, 3.8) is 0 Å². The van der Waals surface area contributed by atoms with Crippen LogP contribution in [0.2, 0.25) is 0 Å². The zero-order chi connectivity index (χ0) is 14.8. The molecule has 0 radical (unpaired) electrons. The van der Waals surface area contributed by atoms with Crippen LogP contribution < -0.4 is 0 Å². The molecule has 0 aromatic heterocycles. The first-order chi connectivity index (χ1) is 9.39. The lowest BCUT2D eigenvalue weighted by atomic mass is 9.82. The molecule has 20 heavy (non-hydrogen) atoms. The summed E-state index contributed by atoms with van der Waals surface area (Å²) in [5, 5.41) is 9.13. The average molecular weight is 275 g/mol. The highest BCUT2D eigenvalue weighted by molar-refractivity contribution is 5.91. The topological polar surface area (TPSA) is 57.6 Å². The quantitative estimate of drug-likeness (QED) is 0.922. The summed E-state index contributed by atoms with van der Waals surface area (Å²) in [6.07, 6.45) is 2.17. The largest absolute Gasteiger partial charge is 0.478 e. The third-order valence-corrected chi connectivity index (χ3v) is 4.06. The number of hydrogen-bond acceptors (Lipinski definition) is 2. The summed E-state index contributed by atoms with van der Waals surface area (Å²) < 4.78 is 0. The SMILES string of the molecule is CC1(C)CCN(C(=O)Cc2ccccc2C(=O)O)CC1. The van der Waals surface area contributed by atoms with Crippen LogP contribution in [0.5, 0.6) is 0 Å². The van der Waals surface area contributed by atoms with Crippen LogP contribution in [0.4, 0.5) is 0 Å². The second-order valence-corrected chi connectivity index (χ2v) is 6.18. The number of rotatable bonds is 3. The first-order valence-electron chi connectivity index (χ1n) is 6.98. The van der Waals surface area contributed by atoms with Crippen LogP contribution in [0.1, 0.15) is 42.6 Å². The van der Waals surface area contributed by atoms with Gasteiger partial charge in [0.2, 0.25) is 5.91 Å². The van der Waals surface area contributed by atoms with Gasteiger partial charge in [0, 0.05) is 13.1 Å². The molecule has 1 saturated heterocycles. The summed E-state index contributed by atoms with van der Waals surface area (Å²) in [7, 11) is 0. The molecule has 4 nitrogen and oxygen atoms in total. The summed E-state index contributed by atoms with van der Waals surface area (Å²) >= 11 is 0. The van der Waals surface area contributed by atoms with Crippen LogP contribution in [0, 0.1) is 5.41 Å². The third kappa shape index (κ3) is 3.38. The van der Waals surface area contributed by atoms with Gasteiger partial charge in [-0.05, 0) is 29.9 Å². The summed E-state index contributed by atoms with van der Waals surface area (Å²) in [4.78, 5) is 25.3. The van der Waals surface area contributed by atoms with E-state index in [0.29, 0.717) is 11.0 Å². The molecule has 1 fully saturated rings. The van der Waals surface area contributed by atoms with E-state index in [1.165, 1.54) is 0 Å². The highest BCUT2D eigenvalue weighted by Crippen LogP contribution is 2.30. The Morgan fingerprint density at radius 2 is 1.80 bits per heavy atom. The number of hydrogen-bond donors (Lipinski definition) is 1. The lowest BCUT2D eigenvalue weighted by Crippen LogP contribution is -2.41. The monoisotopic (exact) mass is 275 g/mol. The normalized spacial score (nSPS) is 17.8. The predicted molar refractivity (Wildman–Crippen MR) is 76.7 cm³/mol. The Labute approximate surface area is 119 Å². The molecule has 1 aliphatic heterocycles. The van der Waals surface area contributed by atoms with Gasteiger partial charge in [-0.25, -0.2) is 4.79 Å². The van der Waals surface area contributed by atoms with Crippen LogP contribution in [-0.2, 0) is 11.2 Å². The van der Waals surface area contributed by atoms with Crippen LogP contribution >= 0.6 is 0 Å². The van der Waals surface area contributed by atoms with Crippen molar-refractivity contribution in [1.82, 2.24) is 4.90 Å². The molecule has 0 aliphatic carbocycles. The van der Waals surface area contributed by atoms with Crippen molar-refractivity contribution < 1.29 is 14.7 Å². The van der Waals surface area contributed by atoms with Crippen LogP contribution in [0.25, 0.3) is 0 Å². The Balaban J connectivity index is 2.04. The number of nitrogens with zero attached hydrogens (tertiary/aromatic N) is 1. The number of carboxylic acid groups (broad SMARTS) is 1. The lowest BCUT2D eigenvalue weighted by Gasteiger charge is -2.37. The number of carboxylic acids is 1. The molecule has 0 unspecified atom stereocenters. The molecule has 0 atom stereocenters. The molecule has 1 N–H and O–H groups in total. The lowest BCUT2D eigenvalue weighted by molar-refractivity contribution is -0.132. The van der Waals surface area contributed by atoms with E-state index in [2.05, 4.69) is 13.8 Å². The summed E-state index contributed by atoms with van der Waals surface area (Å²) in [5.74, 6) is -0.956. The van der Waals surface area contributed by atoms with Gasteiger partial charge in [-0.1, -0.05) is 32.0 Å². The van der Waals surface area contributed by atoms with Gasteiger partial charge in [-0.3, -0.25) is 4.79 Å². The fraction of sp³-hybridized carbons (Fsp3) is 0.500. The maximum Gasteiger partial charge on any atom is 0.335 e. The Bertz CT molecular complexity index is 512. The van der Waals surface area contributed by atoms with E-state index in [1.54, 1.807) is 24.3 Å². The predicted octanol–water partition coefficient (Wildman–Crippen LogP) is 2.58. The molecule has 1 aliphatic rings. The Kier molecular flexibility index (Phi) is 4.12. The van der Waals surface area contributed by atoms with Gasteiger partial charge in [-0.2, -0.15) is 0 Å². The van der Waals surface area contributed by atoms with Gasteiger partial charge >= 0.3 is 5.97 Å². The third-order valence-electron chi connectivity index (χ3n) is 4.06. The van der Waals surface area contributed by atoms with E-state index in [-0.39, 0.29) is 17.9 Å². The van der Waals surface area contributed by atoms with Crippen LogP contribution in [0.15, 0.2) is 24.3 Å². The minimum atomic E-state index is -0.979. The second-order valence-electron chi connectivity index (χ2n) is 6.18. The number of likely N-dealkylation sites (tertiary alicyclic amines) is 1. The molecule has 108 valence electrons. The Morgan fingerprint density at radius 3 is 2.40 bits per heavy atom. The molecule has 1 aromatic rings. The molecule has 0 bridgehead atoms. The maximum absolute atomic E-state index is 12.3. The van der Waals surface area contributed by atoms with Gasteiger partial charge < -0.3 is 10.0 Å². The fourth-order valence-corrected chi connectivity index (χ4v) is 2.52. The molecule has 1 amide bonds. The zero-order valence-corrected chi connectivity index (χ0v) is 12.1.